The van der Waals surface area contributed by atoms with Gasteiger partial charge >= 0.3 is 5.97 Å². The van der Waals surface area contributed by atoms with Crippen molar-refractivity contribution in [1.82, 2.24) is 4.37 Å². The first-order valence-electron chi connectivity index (χ1n) is 7.05. The number of hydrogen-bond acceptors (Lipinski definition) is 5. The quantitative estimate of drug-likeness (QED) is 0.829. The molecule has 0 fully saturated rings. The molecule has 0 amide bonds. The molecule has 0 aliphatic heterocycles. The number of aryl methyl sites for hydroxylation is 2. The second-order valence-corrected chi connectivity index (χ2v) is 5.57. The normalized spacial score (nSPS) is 10.4. The Morgan fingerprint density at radius 1 is 1.33 bits per heavy atom. The summed E-state index contributed by atoms with van der Waals surface area (Å²) < 4.78 is 9.32. The van der Waals surface area contributed by atoms with Crippen molar-refractivity contribution in [1.29, 1.82) is 0 Å². The lowest BCUT2D eigenvalue weighted by atomic mass is 10.1. The number of aromatic nitrogens is 1. The van der Waals surface area contributed by atoms with E-state index in [1.807, 2.05) is 19.1 Å². The maximum Gasteiger partial charge on any atom is 0.343 e. The van der Waals surface area contributed by atoms with E-state index in [4.69, 9.17) is 4.74 Å². The lowest BCUT2D eigenvalue weighted by molar-refractivity contribution is 0.0527. The van der Waals surface area contributed by atoms with Crippen molar-refractivity contribution in [3.63, 3.8) is 0 Å². The van der Waals surface area contributed by atoms with Gasteiger partial charge in [0, 0.05) is 6.54 Å². The van der Waals surface area contributed by atoms with E-state index in [0.717, 1.165) is 23.7 Å². The van der Waals surface area contributed by atoms with Crippen LogP contribution >= 0.6 is 11.5 Å². The second-order valence-electron chi connectivity index (χ2n) is 4.80. The molecule has 5 heteroatoms. The summed E-state index contributed by atoms with van der Waals surface area (Å²) in [4.78, 5) is 11.9. The largest absolute Gasteiger partial charge is 0.462 e. The average molecular weight is 304 g/mol. The lowest BCUT2D eigenvalue weighted by Crippen LogP contribution is -2.11. The molecule has 0 atom stereocenters. The predicted octanol–water partition coefficient (Wildman–Crippen LogP) is 3.59. The van der Waals surface area contributed by atoms with Crippen LogP contribution in [0.25, 0.3) is 0 Å². The summed E-state index contributed by atoms with van der Waals surface area (Å²) in [6.07, 6.45) is 0.909. The van der Waals surface area contributed by atoms with Crippen LogP contribution in [0.2, 0.25) is 0 Å². The minimum Gasteiger partial charge on any atom is -0.462 e. The van der Waals surface area contributed by atoms with E-state index in [0.29, 0.717) is 12.2 Å². The van der Waals surface area contributed by atoms with E-state index >= 15 is 0 Å². The number of carbonyl (C=O) groups is 1. The van der Waals surface area contributed by atoms with Crippen LogP contribution in [0.4, 0.5) is 5.00 Å². The Balaban J connectivity index is 2.01. The van der Waals surface area contributed by atoms with Crippen molar-refractivity contribution in [3.05, 3.63) is 46.6 Å². The molecule has 0 radical (unpaired) electrons. The molecule has 0 unspecified atom stereocenters. The van der Waals surface area contributed by atoms with E-state index in [1.165, 1.54) is 22.7 Å². The first kappa shape index (κ1) is 15.5. The van der Waals surface area contributed by atoms with Gasteiger partial charge in [-0.25, -0.2) is 4.79 Å². The molecular weight excluding hydrogens is 284 g/mol. The van der Waals surface area contributed by atoms with E-state index < -0.39 is 0 Å². The first-order valence-corrected chi connectivity index (χ1v) is 7.82. The zero-order chi connectivity index (χ0) is 15.2. The number of rotatable bonds is 6. The zero-order valence-electron chi connectivity index (χ0n) is 12.6. The van der Waals surface area contributed by atoms with Gasteiger partial charge in [-0.05, 0) is 49.9 Å². The molecule has 0 aliphatic carbocycles. The van der Waals surface area contributed by atoms with Crippen molar-refractivity contribution in [3.8, 4) is 0 Å². The Kier molecular flexibility index (Phi) is 5.33. The highest BCUT2D eigenvalue weighted by molar-refractivity contribution is 7.10. The van der Waals surface area contributed by atoms with Gasteiger partial charge in [0.15, 0.2) is 0 Å². The molecule has 0 saturated carbocycles. The third-order valence-electron chi connectivity index (χ3n) is 3.28. The van der Waals surface area contributed by atoms with Gasteiger partial charge in [0.05, 0.1) is 12.3 Å². The molecule has 0 bridgehead atoms. The lowest BCUT2D eigenvalue weighted by Gasteiger charge is -2.08. The summed E-state index contributed by atoms with van der Waals surface area (Å²) >= 11 is 1.31. The molecule has 0 saturated heterocycles. The Hall–Kier alpha value is -1.88. The molecular formula is C16H20N2O2S. The SMILES string of the molecule is CCOC(=O)c1c(C)nsc1NCCc1ccccc1C. The minimum atomic E-state index is -0.304. The maximum absolute atomic E-state index is 11.9. The van der Waals surface area contributed by atoms with Crippen molar-refractivity contribution in [2.75, 3.05) is 18.5 Å². The van der Waals surface area contributed by atoms with E-state index in [1.54, 1.807) is 6.92 Å². The summed E-state index contributed by atoms with van der Waals surface area (Å²) in [7, 11) is 0. The molecule has 1 aromatic carbocycles. The Morgan fingerprint density at radius 2 is 2.10 bits per heavy atom. The Morgan fingerprint density at radius 3 is 2.81 bits per heavy atom. The summed E-state index contributed by atoms with van der Waals surface area (Å²) in [6.45, 7) is 6.87. The summed E-state index contributed by atoms with van der Waals surface area (Å²) in [5.41, 5.74) is 3.87. The van der Waals surface area contributed by atoms with Crippen LogP contribution in [-0.2, 0) is 11.2 Å². The molecule has 2 aromatic rings. The minimum absolute atomic E-state index is 0.304. The topological polar surface area (TPSA) is 51.2 Å². The van der Waals surface area contributed by atoms with Crippen molar-refractivity contribution in [2.24, 2.45) is 0 Å². The zero-order valence-corrected chi connectivity index (χ0v) is 13.4. The predicted molar refractivity (Wildman–Crippen MR) is 86.2 cm³/mol. The number of nitrogens with one attached hydrogen (secondary N) is 1. The highest BCUT2D eigenvalue weighted by Gasteiger charge is 2.19. The van der Waals surface area contributed by atoms with Crippen LogP contribution in [0, 0.1) is 13.8 Å². The molecule has 0 aliphatic rings. The number of ether oxygens (including phenoxy) is 1. The first-order chi connectivity index (χ1) is 10.1. The van der Waals surface area contributed by atoms with Gasteiger partial charge in [-0.15, -0.1) is 0 Å². The van der Waals surface area contributed by atoms with Gasteiger partial charge in [0.2, 0.25) is 0 Å². The molecule has 21 heavy (non-hydrogen) atoms. The molecule has 1 aromatic heterocycles. The molecule has 0 spiro atoms. The van der Waals surface area contributed by atoms with Crippen molar-refractivity contribution >= 4 is 22.5 Å². The number of nitrogens with zero attached hydrogens (tertiary/aromatic N) is 1. The monoisotopic (exact) mass is 304 g/mol. The molecule has 4 nitrogen and oxygen atoms in total. The van der Waals surface area contributed by atoms with E-state index in [2.05, 4.69) is 28.7 Å². The van der Waals surface area contributed by atoms with Crippen molar-refractivity contribution in [2.45, 2.75) is 27.2 Å². The second kappa shape index (κ2) is 7.22. The third-order valence-corrected chi connectivity index (χ3v) is 4.18. The molecule has 1 N–H and O–H groups in total. The Labute approximate surface area is 129 Å². The van der Waals surface area contributed by atoms with Crippen LogP contribution in [0.5, 0.6) is 0 Å². The van der Waals surface area contributed by atoms with E-state index in [9.17, 15) is 4.79 Å². The highest BCUT2D eigenvalue weighted by Crippen LogP contribution is 2.25. The van der Waals surface area contributed by atoms with Crippen molar-refractivity contribution < 1.29 is 9.53 Å². The third kappa shape index (κ3) is 3.82. The fourth-order valence-corrected chi connectivity index (χ4v) is 2.94. The fourth-order valence-electron chi connectivity index (χ4n) is 2.14. The number of hydrogen-bond donors (Lipinski definition) is 1. The number of carbonyl (C=O) groups excluding carboxylic acids is 1. The van der Waals surface area contributed by atoms with Gasteiger partial charge in [0.1, 0.15) is 10.6 Å². The summed E-state index contributed by atoms with van der Waals surface area (Å²) in [6, 6.07) is 8.32. The number of anilines is 1. The number of benzene rings is 1. The van der Waals surface area contributed by atoms with Gasteiger partial charge in [-0.3, -0.25) is 0 Å². The summed E-state index contributed by atoms with van der Waals surface area (Å²) in [5, 5.41) is 4.10. The van der Waals surface area contributed by atoms with E-state index in [-0.39, 0.29) is 5.97 Å². The van der Waals surface area contributed by atoms with Gasteiger partial charge < -0.3 is 10.1 Å². The molecule has 1 heterocycles. The van der Waals surface area contributed by atoms with Crippen LogP contribution in [0.15, 0.2) is 24.3 Å². The van der Waals surface area contributed by atoms with Crippen LogP contribution in [-0.4, -0.2) is 23.5 Å². The van der Waals surface area contributed by atoms with Crippen LogP contribution in [0.1, 0.15) is 34.1 Å². The highest BCUT2D eigenvalue weighted by atomic mass is 32.1. The van der Waals surface area contributed by atoms with Gasteiger partial charge in [-0.1, -0.05) is 24.3 Å². The fraction of sp³-hybridized carbons (Fsp3) is 0.375. The maximum atomic E-state index is 11.9. The Bertz CT molecular complexity index is 622. The average Bonchev–Trinajstić information content (AvgIpc) is 2.82. The van der Waals surface area contributed by atoms with Gasteiger partial charge in [-0.2, -0.15) is 4.37 Å². The van der Waals surface area contributed by atoms with Crippen LogP contribution in [0.3, 0.4) is 0 Å². The smallest absolute Gasteiger partial charge is 0.343 e. The number of esters is 1. The standard InChI is InChI=1S/C16H20N2O2S/c1-4-20-16(19)14-12(3)18-21-15(14)17-10-9-13-8-6-5-7-11(13)2/h5-8,17H,4,9-10H2,1-3H3. The summed E-state index contributed by atoms with van der Waals surface area (Å²) in [5.74, 6) is -0.304. The molecule has 2 rings (SSSR count). The molecule has 112 valence electrons. The van der Waals surface area contributed by atoms with Gasteiger partial charge in [0.25, 0.3) is 0 Å². The van der Waals surface area contributed by atoms with Crippen LogP contribution < -0.4 is 5.32 Å².